The Labute approximate surface area is 164 Å². The van der Waals surface area contributed by atoms with Crippen molar-refractivity contribution in [2.24, 2.45) is 0 Å². The van der Waals surface area contributed by atoms with E-state index in [1.165, 1.54) is 61.6 Å². The molecule has 0 spiro atoms. The lowest BCUT2D eigenvalue weighted by Gasteiger charge is -2.31. The van der Waals surface area contributed by atoms with Gasteiger partial charge >= 0.3 is 0 Å². The maximum absolute atomic E-state index is 8.93. The molecule has 1 atom stereocenters. The highest BCUT2D eigenvalue weighted by atomic mass is 16.5. The zero-order chi connectivity index (χ0) is 19.1. The molecule has 1 saturated carbocycles. The molecular formula is C25H31NO. The van der Waals surface area contributed by atoms with Gasteiger partial charge in [0.2, 0.25) is 0 Å². The maximum Gasteiger partial charge on any atom is 0.0991 e. The average molecular weight is 362 g/mol. The molecule has 1 fully saturated rings. The van der Waals surface area contributed by atoms with Crippen LogP contribution in [-0.2, 0) is 4.74 Å². The average Bonchev–Trinajstić information content (AvgIpc) is 2.73. The number of benzene rings is 2. The Morgan fingerprint density at radius 2 is 1.56 bits per heavy atom. The van der Waals surface area contributed by atoms with Crippen molar-refractivity contribution in [3.8, 4) is 17.2 Å². The van der Waals surface area contributed by atoms with Crippen LogP contribution in [0.4, 0.5) is 0 Å². The highest BCUT2D eigenvalue weighted by molar-refractivity contribution is 5.64. The molecule has 2 heteroatoms. The van der Waals surface area contributed by atoms with Gasteiger partial charge in [-0.25, -0.2) is 0 Å². The molecule has 0 saturated heterocycles. The number of ether oxygens (including phenoxy) is 1. The summed E-state index contributed by atoms with van der Waals surface area (Å²) in [7, 11) is 0. The lowest BCUT2D eigenvalue weighted by atomic mass is 9.82. The Bertz CT molecular complexity index is 733. The molecule has 0 aromatic heterocycles. The standard InChI is InChI=1S/C25H31NO/c1-3-4-5-19(2)27-25-16-14-24(15-17-25)23-12-10-22(11-13-23)21-8-6-20(18-26)7-9-21/h6-13,19,24-25H,3-5,14-17H2,1-2H3/t19?,24-,25-. The number of unbranched alkanes of at least 4 members (excludes halogenated alkanes) is 1. The third-order valence-electron chi connectivity index (χ3n) is 5.79. The Hall–Kier alpha value is -2.11. The van der Waals surface area contributed by atoms with Gasteiger partial charge in [0.25, 0.3) is 0 Å². The molecule has 0 aliphatic heterocycles. The van der Waals surface area contributed by atoms with E-state index < -0.39 is 0 Å². The van der Waals surface area contributed by atoms with Crippen LogP contribution in [0.25, 0.3) is 11.1 Å². The van der Waals surface area contributed by atoms with Crippen LogP contribution in [0, 0.1) is 11.3 Å². The first-order valence-electron chi connectivity index (χ1n) is 10.5. The molecule has 1 unspecified atom stereocenters. The Morgan fingerprint density at radius 3 is 2.11 bits per heavy atom. The van der Waals surface area contributed by atoms with Crippen LogP contribution in [0.5, 0.6) is 0 Å². The quantitative estimate of drug-likeness (QED) is 0.540. The third-order valence-corrected chi connectivity index (χ3v) is 5.79. The minimum atomic E-state index is 0.401. The van der Waals surface area contributed by atoms with Crippen molar-refractivity contribution in [1.29, 1.82) is 5.26 Å². The second-order valence-electron chi connectivity index (χ2n) is 7.87. The van der Waals surface area contributed by atoms with Gasteiger partial charge in [-0.05, 0) is 73.8 Å². The molecule has 0 bridgehead atoms. The smallest absolute Gasteiger partial charge is 0.0991 e. The minimum Gasteiger partial charge on any atom is -0.375 e. The van der Waals surface area contributed by atoms with Gasteiger partial charge in [-0.3, -0.25) is 0 Å². The van der Waals surface area contributed by atoms with Gasteiger partial charge in [0.15, 0.2) is 0 Å². The van der Waals surface area contributed by atoms with E-state index in [2.05, 4.69) is 44.2 Å². The summed E-state index contributed by atoms with van der Waals surface area (Å²) in [5, 5.41) is 8.93. The van der Waals surface area contributed by atoms with Crippen LogP contribution in [-0.4, -0.2) is 12.2 Å². The van der Waals surface area contributed by atoms with E-state index in [1.54, 1.807) is 0 Å². The highest BCUT2D eigenvalue weighted by Crippen LogP contribution is 2.35. The van der Waals surface area contributed by atoms with Crippen molar-refractivity contribution in [3.63, 3.8) is 0 Å². The van der Waals surface area contributed by atoms with Crippen LogP contribution in [0.1, 0.15) is 75.8 Å². The van der Waals surface area contributed by atoms with E-state index in [9.17, 15) is 0 Å². The normalized spacial score (nSPS) is 20.8. The van der Waals surface area contributed by atoms with Crippen LogP contribution >= 0.6 is 0 Å². The van der Waals surface area contributed by atoms with Gasteiger partial charge in [-0.2, -0.15) is 5.26 Å². The second-order valence-corrected chi connectivity index (χ2v) is 7.87. The molecule has 0 N–H and O–H groups in total. The molecule has 1 aliphatic carbocycles. The second kappa shape index (κ2) is 9.72. The Kier molecular flexibility index (Phi) is 7.07. The predicted octanol–water partition coefficient (Wildman–Crippen LogP) is 6.85. The predicted molar refractivity (Wildman–Crippen MR) is 112 cm³/mol. The zero-order valence-corrected chi connectivity index (χ0v) is 16.7. The van der Waals surface area contributed by atoms with Crippen molar-refractivity contribution in [2.75, 3.05) is 0 Å². The first kappa shape index (κ1) is 19.6. The van der Waals surface area contributed by atoms with E-state index in [0.29, 0.717) is 23.7 Å². The molecular weight excluding hydrogens is 330 g/mol. The fraction of sp³-hybridized carbons (Fsp3) is 0.480. The molecule has 1 aliphatic rings. The molecule has 2 aromatic carbocycles. The zero-order valence-electron chi connectivity index (χ0n) is 16.7. The van der Waals surface area contributed by atoms with E-state index in [-0.39, 0.29) is 0 Å². The van der Waals surface area contributed by atoms with Gasteiger partial charge in [-0.1, -0.05) is 56.2 Å². The molecule has 2 nitrogen and oxygen atoms in total. The Morgan fingerprint density at radius 1 is 0.963 bits per heavy atom. The van der Waals surface area contributed by atoms with E-state index in [4.69, 9.17) is 10.00 Å². The van der Waals surface area contributed by atoms with Crippen LogP contribution in [0.3, 0.4) is 0 Å². The lowest BCUT2D eigenvalue weighted by Crippen LogP contribution is -2.25. The van der Waals surface area contributed by atoms with Crippen molar-refractivity contribution in [2.45, 2.75) is 76.9 Å². The van der Waals surface area contributed by atoms with Crippen LogP contribution in [0.2, 0.25) is 0 Å². The monoisotopic (exact) mass is 361 g/mol. The molecule has 142 valence electrons. The Balaban J connectivity index is 1.53. The van der Waals surface area contributed by atoms with Gasteiger partial charge in [-0.15, -0.1) is 0 Å². The summed E-state index contributed by atoms with van der Waals surface area (Å²) in [5.74, 6) is 0.658. The molecule has 0 amide bonds. The SMILES string of the molecule is CCCCC(C)O[C@H]1CC[C@H](c2ccc(-c3ccc(C#N)cc3)cc2)CC1. The fourth-order valence-corrected chi connectivity index (χ4v) is 4.11. The van der Waals surface area contributed by atoms with E-state index >= 15 is 0 Å². The summed E-state index contributed by atoms with van der Waals surface area (Å²) in [6.07, 6.45) is 9.36. The minimum absolute atomic E-state index is 0.401. The lowest BCUT2D eigenvalue weighted by molar-refractivity contribution is -0.0275. The summed E-state index contributed by atoms with van der Waals surface area (Å²) in [6, 6.07) is 19.0. The fourth-order valence-electron chi connectivity index (χ4n) is 4.11. The summed E-state index contributed by atoms with van der Waals surface area (Å²) in [6.45, 7) is 4.47. The number of hydrogen-bond acceptors (Lipinski definition) is 2. The summed E-state index contributed by atoms with van der Waals surface area (Å²) < 4.78 is 6.25. The molecule has 2 aromatic rings. The maximum atomic E-state index is 8.93. The van der Waals surface area contributed by atoms with Crippen molar-refractivity contribution in [1.82, 2.24) is 0 Å². The summed E-state index contributed by atoms with van der Waals surface area (Å²) in [5.41, 5.74) is 4.53. The van der Waals surface area contributed by atoms with Gasteiger partial charge in [0, 0.05) is 0 Å². The van der Waals surface area contributed by atoms with Gasteiger partial charge in [0.1, 0.15) is 0 Å². The van der Waals surface area contributed by atoms with E-state index in [1.807, 2.05) is 24.3 Å². The van der Waals surface area contributed by atoms with Gasteiger partial charge in [0.05, 0.1) is 23.8 Å². The summed E-state index contributed by atoms with van der Waals surface area (Å²) >= 11 is 0. The van der Waals surface area contributed by atoms with Crippen LogP contribution < -0.4 is 0 Å². The number of nitrogens with zero attached hydrogens (tertiary/aromatic N) is 1. The molecule has 27 heavy (non-hydrogen) atoms. The largest absolute Gasteiger partial charge is 0.375 e. The van der Waals surface area contributed by atoms with Crippen LogP contribution in [0.15, 0.2) is 48.5 Å². The topological polar surface area (TPSA) is 33.0 Å². The summed E-state index contributed by atoms with van der Waals surface area (Å²) in [4.78, 5) is 0. The number of rotatable bonds is 7. The van der Waals surface area contributed by atoms with Crippen molar-refractivity contribution >= 4 is 0 Å². The number of hydrogen-bond donors (Lipinski definition) is 0. The van der Waals surface area contributed by atoms with Gasteiger partial charge < -0.3 is 4.74 Å². The molecule has 0 heterocycles. The molecule has 3 rings (SSSR count). The van der Waals surface area contributed by atoms with Crippen molar-refractivity contribution in [3.05, 3.63) is 59.7 Å². The first-order chi connectivity index (χ1) is 13.2. The van der Waals surface area contributed by atoms with E-state index in [0.717, 1.165) is 0 Å². The third kappa shape index (κ3) is 5.44. The first-order valence-corrected chi connectivity index (χ1v) is 10.5. The number of nitriles is 1. The molecule has 0 radical (unpaired) electrons. The van der Waals surface area contributed by atoms with Crippen molar-refractivity contribution < 1.29 is 4.74 Å². The highest BCUT2D eigenvalue weighted by Gasteiger charge is 2.24.